The SMILES string of the molecule is CC(C)(C)NCc1nnc(CCc2ccccc2)s1. The van der Waals surface area contributed by atoms with Crippen molar-refractivity contribution in [2.75, 3.05) is 0 Å². The van der Waals surface area contributed by atoms with Gasteiger partial charge in [0, 0.05) is 12.0 Å². The van der Waals surface area contributed by atoms with Gasteiger partial charge in [-0.25, -0.2) is 0 Å². The van der Waals surface area contributed by atoms with E-state index in [0.717, 1.165) is 29.4 Å². The van der Waals surface area contributed by atoms with Gasteiger partial charge in [0.25, 0.3) is 0 Å². The van der Waals surface area contributed by atoms with Gasteiger partial charge in [-0.1, -0.05) is 30.3 Å². The highest BCUT2D eigenvalue weighted by atomic mass is 32.1. The number of rotatable bonds is 5. The molecule has 1 N–H and O–H groups in total. The summed E-state index contributed by atoms with van der Waals surface area (Å²) in [5, 5.41) is 14.1. The standard InChI is InChI=1S/C15H21N3S/c1-15(2,3)16-11-14-18-17-13(19-14)10-9-12-7-5-4-6-8-12/h4-8,16H,9-11H2,1-3H3. The van der Waals surface area contributed by atoms with Gasteiger partial charge < -0.3 is 5.32 Å². The van der Waals surface area contributed by atoms with Crippen LogP contribution in [0.25, 0.3) is 0 Å². The summed E-state index contributed by atoms with van der Waals surface area (Å²) >= 11 is 1.71. The molecule has 0 unspecified atom stereocenters. The summed E-state index contributed by atoms with van der Waals surface area (Å²) in [7, 11) is 0. The average Bonchev–Trinajstić information content (AvgIpc) is 2.82. The molecular weight excluding hydrogens is 254 g/mol. The molecule has 19 heavy (non-hydrogen) atoms. The summed E-state index contributed by atoms with van der Waals surface area (Å²) in [4.78, 5) is 0. The van der Waals surface area contributed by atoms with Gasteiger partial charge in [0.1, 0.15) is 10.0 Å². The number of nitrogens with one attached hydrogen (secondary N) is 1. The summed E-state index contributed by atoms with van der Waals surface area (Å²) in [5.41, 5.74) is 1.47. The maximum absolute atomic E-state index is 4.26. The minimum absolute atomic E-state index is 0.121. The number of aromatic nitrogens is 2. The molecule has 0 atom stereocenters. The van der Waals surface area contributed by atoms with Crippen LogP contribution in [0.1, 0.15) is 36.3 Å². The van der Waals surface area contributed by atoms with Gasteiger partial charge in [-0.05, 0) is 32.8 Å². The molecule has 4 heteroatoms. The van der Waals surface area contributed by atoms with Crippen molar-refractivity contribution in [2.24, 2.45) is 0 Å². The van der Waals surface area contributed by atoms with Crippen LogP contribution in [-0.2, 0) is 19.4 Å². The van der Waals surface area contributed by atoms with Crippen molar-refractivity contribution in [3.8, 4) is 0 Å². The lowest BCUT2D eigenvalue weighted by molar-refractivity contribution is 0.423. The summed E-state index contributed by atoms with van der Waals surface area (Å²) in [6.07, 6.45) is 2.00. The molecule has 0 radical (unpaired) electrons. The number of hydrogen-bond donors (Lipinski definition) is 1. The average molecular weight is 275 g/mol. The molecule has 0 bridgehead atoms. The Kier molecular flexibility index (Phi) is 4.66. The second-order valence-electron chi connectivity index (χ2n) is 5.68. The third-order valence-electron chi connectivity index (χ3n) is 2.75. The lowest BCUT2D eigenvalue weighted by Gasteiger charge is -2.19. The molecule has 0 aliphatic carbocycles. The Bertz CT molecular complexity index is 500. The first-order valence-electron chi connectivity index (χ1n) is 6.63. The Hall–Kier alpha value is -1.26. The Balaban J connectivity index is 1.84. The van der Waals surface area contributed by atoms with Crippen LogP contribution in [0.4, 0.5) is 0 Å². The molecule has 0 saturated carbocycles. The van der Waals surface area contributed by atoms with Crippen LogP contribution >= 0.6 is 11.3 Å². The molecule has 0 saturated heterocycles. The zero-order valence-corrected chi connectivity index (χ0v) is 12.6. The van der Waals surface area contributed by atoms with Crippen LogP contribution in [-0.4, -0.2) is 15.7 Å². The largest absolute Gasteiger partial charge is 0.306 e. The highest BCUT2D eigenvalue weighted by Crippen LogP contribution is 2.13. The number of hydrogen-bond acceptors (Lipinski definition) is 4. The second kappa shape index (κ2) is 6.26. The lowest BCUT2D eigenvalue weighted by Crippen LogP contribution is -2.35. The smallest absolute Gasteiger partial charge is 0.131 e. The lowest BCUT2D eigenvalue weighted by atomic mass is 10.1. The van der Waals surface area contributed by atoms with E-state index in [1.807, 2.05) is 6.07 Å². The van der Waals surface area contributed by atoms with Crippen LogP contribution in [0.15, 0.2) is 30.3 Å². The molecule has 0 aliphatic rings. The third-order valence-corrected chi connectivity index (χ3v) is 3.73. The molecule has 0 spiro atoms. The zero-order valence-electron chi connectivity index (χ0n) is 11.8. The fourth-order valence-corrected chi connectivity index (χ4v) is 2.48. The fraction of sp³-hybridized carbons (Fsp3) is 0.467. The molecule has 1 aromatic heterocycles. The Morgan fingerprint density at radius 1 is 1.00 bits per heavy atom. The topological polar surface area (TPSA) is 37.8 Å². The van der Waals surface area contributed by atoms with E-state index in [1.54, 1.807) is 11.3 Å². The molecular formula is C15H21N3S. The highest BCUT2D eigenvalue weighted by molar-refractivity contribution is 7.11. The molecule has 2 aromatic rings. The van der Waals surface area contributed by atoms with Gasteiger partial charge in [-0.2, -0.15) is 0 Å². The minimum Gasteiger partial charge on any atom is -0.306 e. The summed E-state index contributed by atoms with van der Waals surface area (Å²) in [6, 6.07) is 10.5. The number of benzene rings is 1. The van der Waals surface area contributed by atoms with E-state index in [0.29, 0.717) is 0 Å². The van der Waals surface area contributed by atoms with E-state index < -0.39 is 0 Å². The van der Waals surface area contributed by atoms with Crippen molar-refractivity contribution >= 4 is 11.3 Å². The van der Waals surface area contributed by atoms with Crippen molar-refractivity contribution in [1.29, 1.82) is 0 Å². The number of nitrogens with zero attached hydrogens (tertiary/aromatic N) is 2. The molecule has 3 nitrogen and oxygen atoms in total. The molecule has 0 fully saturated rings. The quantitative estimate of drug-likeness (QED) is 0.910. The predicted molar refractivity (Wildman–Crippen MR) is 80.4 cm³/mol. The van der Waals surface area contributed by atoms with Gasteiger partial charge in [0.15, 0.2) is 0 Å². The van der Waals surface area contributed by atoms with Crippen LogP contribution in [0.5, 0.6) is 0 Å². The second-order valence-corrected chi connectivity index (χ2v) is 6.83. The summed E-state index contributed by atoms with van der Waals surface area (Å²) < 4.78 is 0. The van der Waals surface area contributed by atoms with E-state index in [9.17, 15) is 0 Å². The van der Waals surface area contributed by atoms with Gasteiger partial charge in [-0.3, -0.25) is 0 Å². The number of aryl methyl sites for hydroxylation is 2. The monoisotopic (exact) mass is 275 g/mol. The van der Waals surface area contributed by atoms with Crippen molar-refractivity contribution in [1.82, 2.24) is 15.5 Å². The molecule has 0 amide bonds. The molecule has 1 heterocycles. The molecule has 102 valence electrons. The first kappa shape index (κ1) is 14.2. The van der Waals surface area contributed by atoms with Crippen molar-refractivity contribution < 1.29 is 0 Å². The summed E-state index contributed by atoms with van der Waals surface area (Å²) in [6.45, 7) is 7.27. The molecule has 1 aromatic carbocycles. The first-order valence-corrected chi connectivity index (χ1v) is 7.45. The first-order chi connectivity index (χ1) is 9.03. The van der Waals surface area contributed by atoms with Crippen molar-refractivity contribution in [3.05, 3.63) is 45.9 Å². The molecule has 0 aliphatic heterocycles. The normalized spacial score (nSPS) is 11.7. The maximum Gasteiger partial charge on any atom is 0.131 e. The zero-order chi connectivity index (χ0) is 13.7. The Morgan fingerprint density at radius 2 is 1.68 bits per heavy atom. The third kappa shape index (κ3) is 5.09. The van der Waals surface area contributed by atoms with E-state index in [-0.39, 0.29) is 5.54 Å². The van der Waals surface area contributed by atoms with E-state index in [1.165, 1.54) is 5.56 Å². The van der Waals surface area contributed by atoms with Crippen molar-refractivity contribution in [2.45, 2.75) is 45.7 Å². The van der Waals surface area contributed by atoms with Gasteiger partial charge in [0.2, 0.25) is 0 Å². The van der Waals surface area contributed by atoms with Crippen LogP contribution < -0.4 is 5.32 Å². The highest BCUT2D eigenvalue weighted by Gasteiger charge is 2.11. The van der Waals surface area contributed by atoms with Crippen LogP contribution in [0, 0.1) is 0 Å². The fourth-order valence-electron chi connectivity index (χ4n) is 1.70. The minimum atomic E-state index is 0.121. The van der Waals surface area contributed by atoms with Crippen LogP contribution in [0.2, 0.25) is 0 Å². The van der Waals surface area contributed by atoms with Crippen LogP contribution in [0.3, 0.4) is 0 Å². The Morgan fingerprint density at radius 3 is 2.37 bits per heavy atom. The maximum atomic E-state index is 4.26. The predicted octanol–water partition coefficient (Wildman–Crippen LogP) is 3.21. The van der Waals surface area contributed by atoms with Gasteiger partial charge >= 0.3 is 0 Å². The Labute approximate surface area is 119 Å². The van der Waals surface area contributed by atoms with Gasteiger partial charge in [0.05, 0.1) is 6.54 Å². The molecule has 2 rings (SSSR count). The van der Waals surface area contributed by atoms with E-state index in [4.69, 9.17) is 0 Å². The van der Waals surface area contributed by atoms with E-state index >= 15 is 0 Å². The van der Waals surface area contributed by atoms with E-state index in [2.05, 4.69) is 60.6 Å². The van der Waals surface area contributed by atoms with Crippen molar-refractivity contribution in [3.63, 3.8) is 0 Å². The summed E-state index contributed by atoms with van der Waals surface area (Å²) in [5.74, 6) is 0. The van der Waals surface area contributed by atoms with Gasteiger partial charge in [-0.15, -0.1) is 21.5 Å².